The third-order valence-corrected chi connectivity index (χ3v) is 5.21. The molecule has 0 saturated carbocycles. The zero-order chi connectivity index (χ0) is 20.6. The summed E-state index contributed by atoms with van der Waals surface area (Å²) >= 11 is 0. The van der Waals surface area contributed by atoms with Gasteiger partial charge in [-0.3, -0.25) is 4.79 Å². The number of nitrogens with zero attached hydrogens (tertiary/aromatic N) is 2. The second kappa shape index (κ2) is 10.1. The van der Waals surface area contributed by atoms with Crippen molar-refractivity contribution in [1.29, 1.82) is 5.26 Å². The monoisotopic (exact) mass is 393 g/mol. The number of amides is 1. The summed E-state index contributed by atoms with van der Waals surface area (Å²) in [7, 11) is 0. The normalized spacial score (nSPS) is 16.0. The van der Waals surface area contributed by atoms with Crippen LogP contribution in [0.25, 0.3) is 0 Å². The van der Waals surface area contributed by atoms with Crippen molar-refractivity contribution in [3.63, 3.8) is 0 Å². The summed E-state index contributed by atoms with van der Waals surface area (Å²) < 4.78 is 5.60. The lowest BCUT2D eigenvalue weighted by molar-refractivity contribution is 0.0568. The highest BCUT2D eigenvalue weighted by molar-refractivity contribution is 5.95. The van der Waals surface area contributed by atoms with Crippen molar-refractivity contribution in [2.45, 2.75) is 31.9 Å². The van der Waals surface area contributed by atoms with Gasteiger partial charge in [-0.05, 0) is 55.7 Å². The molecule has 0 bridgehead atoms. The Kier molecular flexibility index (Phi) is 7.23. The van der Waals surface area contributed by atoms with Crippen molar-refractivity contribution >= 4 is 5.91 Å². The van der Waals surface area contributed by atoms with E-state index >= 15 is 0 Å². The Morgan fingerprint density at radius 3 is 2.59 bits per heavy atom. The van der Waals surface area contributed by atoms with Crippen molar-refractivity contribution < 1.29 is 14.6 Å². The van der Waals surface area contributed by atoms with E-state index in [2.05, 4.69) is 16.3 Å². The van der Waals surface area contributed by atoms with Crippen molar-refractivity contribution in [1.82, 2.24) is 10.2 Å². The molecule has 6 nitrogen and oxygen atoms in total. The summed E-state index contributed by atoms with van der Waals surface area (Å²) in [5.74, 6) is 0.623. The highest BCUT2D eigenvalue weighted by atomic mass is 16.5. The predicted molar refractivity (Wildman–Crippen MR) is 111 cm³/mol. The Morgan fingerprint density at radius 1 is 1.24 bits per heavy atom. The van der Waals surface area contributed by atoms with Crippen LogP contribution >= 0.6 is 0 Å². The molecule has 1 saturated heterocycles. The molecule has 1 amide bonds. The number of ether oxygens (including phenoxy) is 1. The molecule has 1 atom stereocenters. The fourth-order valence-electron chi connectivity index (χ4n) is 3.52. The zero-order valence-corrected chi connectivity index (χ0v) is 16.7. The third-order valence-electron chi connectivity index (χ3n) is 5.21. The molecule has 0 spiro atoms. The molecule has 1 heterocycles. The van der Waals surface area contributed by atoms with Gasteiger partial charge in [0.1, 0.15) is 18.5 Å². The van der Waals surface area contributed by atoms with Crippen LogP contribution in [0.15, 0.2) is 48.5 Å². The first-order valence-electron chi connectivity index (χ1n) is 9.95. The highest BCUT2D eigenvalue weighted by Crippen LogP contribution is 2.15. The van der Waals surface area contributed by atoms with Crippen LogP contribution < -0.4 is 10.1 Å². The number of aliphatic hydroxyl groups excluding tert-OH is 1. The summed E-state index contributed by atoms with van der Waals surface area (Å²) in [5, 5.41) is 22.2. The molecule has 1 fully saturated rings. The molecular formula is C23H27N3O3. The van der Waals surface area contributed by atoms with Crippen molar-refractivity contribution in [3.05, 3.63) is 65.2 Å². The summed E-state index contributed by atoms with van der Waals surface area (Å²) in [6.07, 6.45) is 1.13. The average Bonchev–Trinajstić information content (AvgIpc) is 2.74. The average molecular weight is 393 g/mol. The van der Waals surface area contributed by atoms with E-state index in [0.717, 1.165) is 37.1 Å². The summed E-state index contributed by atoms with van der Waals surface area (Å²) in [5.41, 5.74) is 2.29. The smallest absolute Gasteiger partial charge is 0.251 e. The Labute approximate surface area is 171 Å². The summed E-state index contributed by atoms with van der Waals surface area (Å²) in [4.78, 5) is 14.7. The van der Waals surface area contributed by atoms with Gasteiger partial charge >= 0.3 is 0 Å². The molecule has 2 N–H and O–H groups in total. The van der Waals surface area contributed by atoms with Gasteiger partial charge in [0.05, 0.1) is 11.6 Å². The molecule has 1 aliphatic rings. The van der Waals surface area contributed by atoms with Crippen LogP contribution in [0.5, 0.6) is 5.75 Å². The number of piperidine rings is 1. The summed E-state index contributed by atoms with van der Waals surface area (Å²) in [6, 6.07) is 16.7. The minimum Gasteiger partial charge on any atom is -0.491 e. The number of nitriles is 1. The molecule has 6 heteroatoms. The van der Waals surface area contributed by atoms with Crippen LogP contribution in [0.4, 0.5) is 0 Å². The topological polar surface area (TPSA) is 85.6 Å². The van der Waals surface area contributed by atoms with Crippen LogP contribution in [-0.4, -0.2) is 54.3 Å². The summed E-state index contributed by atoms with van der Waals surface area (Å²) in [6.45, 7) is 4.34. The second-order valence-electron chi connectivity index (χ2n) is 7.46. The first kappa shape index (κ1) is 20.8. The maximum absolute atomic E-state index is 12.5. The molecule has 3 rings (SSSR count). The fourth-order valence-corrected chi connectivity index (χ4v) is 3.52. The molecule has 0 radical (unpaired) electrons. The molecule has 2 aromatic rings. The first-order valence-corrected chi connectivity index (χ1v) is 9.95. The van der Waals surface area contributed by atoms with Gasteiger partial charge in [-0.25, -0.2) is 0 Å². The van der Waals surface area contributed by atoms with E-state index in [1.807, 2.05) is 31.2 Å². The predicted octanol–water partition coefficient (Wildman–Crippen LogP) is 2.50. The van der Waals surface area contributed by atoms with E-state index in [1.54, 1.807) is 24.3 Å². The molecule has 29 heavy (non-hydrogen) atoms. The van der Waals surface area contributed by atoms with E-state index in [0.29, 0.717) is 17.9 Å². The molecule has 152 valence electrons. The first-order chi connectivity index (χ1) is 14.0. The lowest BCUT2D eigenvalue weighted by atomic mass is 10.0. The van der Waals surface area contributed by atoms with E-state index in [9.17, 15) is 9.90 Å². The number of aliphatic hydroxyl groups is 1. The Balaban J connectivity index is 1.38. The second-order valence-corrected chi connectivity index (χ2v) is 7.46. The lowest BCUT2D eigenvalue weighted by Crippen LogP contribution is -2.47. The van der Waals surface area contributed by atoms with Crippen LogP contribution in [0, 0.1) is 18.3 Å². The van der Waals surface area contributed by atoms with Gasteiger partial charge < -0.3 is 20.1 Å². The number of carbonyl (C=O) groups is 1. The molecule has 1 unspecified atom stereocenters. The molecular weight excluding hydrogens is 366 g/mol. The number of benzene rings is 2. The van der Waals surface area contributed by atoms with Crippen LogP contribution in [0.1, 0.15) is 34.3 Å². The van der Waals surface area contributed by atoms with Gasteiger partial charge in [-0.2, -0.15) is 5.26 Å². The van der Waals surface area contributed by atoms with Gasteiger partial charge in [0.15, 0.2) is 0 Å². The van der Waals surface area contributed by atoms with Crippen LogP contribution in [0.3, 0.4) is 0 Å². The van der Waals surface area contributed by atoms with Gasteiger partial charge in [0, 0.05) is 31.2 Å². The highest BCUT2D eigenvalue weighted by Gasteiger charge is 2.23. The molecule has 0 aromatic heterocycles. The van der Waals surface area contributed by atoms with Crippen LogP contribution in [0.2, 0.25) is 0 Å². The number of likely N-dealkylation sites (tertiary alicyclic amines) is 1. The van der Waals surface area contributed by atoms with Crippen molar-refractivity contribution in [2.24, 2.45) is 0 Å². The number of hydrogen-bond acceptors (Lipinski definition) is 5. The number of rotatable bonds is 7. The van der Waals surface area contributed by atoms with E-state index in [1.165, 1.54) is 0 Å². The van der Waals surface area contributed by atoms with E-state index < -0.39 is 6.10 Å². The standard InChI is InChI=1S/C23H27N3O3/c1-17-4-2-3-5-22(17)23(28)25-19-10-12-26(13-11-19)15-20(27)16-29-21-8-6-18(14-24)7-9-21/h2-9,19-20,27H,10-13,15-16H2,1H3,(H,25,28). The number of nitrogens with one attached hydrogen (secondary N) is 1. The van der Waals surface area contributed by atoms with Gasteiger partial charge in [0.25, 0.3) is 5.91 Å². The van der Waals surface area contributed by atoms with Gasteiger partial charge in [-0.15, -0.1) is 0 Å². The maximum atomic E-state index is 12.5. The Bertz CT molecular complexity index is 852. The minimum absolute atomic E-state index is 0.0163. The fraction of sp³-hybridized carbons (Fsp3) is 0.391. The maximum Gasteiger partial charge on any atom is 0.251 e. The SMILES string of the molecule is Cc1ccccc1C(=O)NC1CCN(CC(O)COc2ccc(C#N)cc2)CC1. The molecule has 0 aliphatic carbocycles. The van der Waals surface area contributed by atoms with Crippen molar-refractivity contribution in [2.75, 3.05) is 26.2 Å². The third kappa shape index (κ3) is 6.05. The van der Waals surface area contributed by atoms with E-state index in [-0.39, 0.29) is 18.6 Å². The largest absolute Gasteiger partial charge is 0.491 e. The van der Waals surface area contributed by atoms with Crippen molar-refractivity contribution in [3.8, 4) is 11.8 Å². The van der Waals surface area contributed by atoms with Crippen LogP contribution in [-0.2, 0) is 0 Å². The number of aryl methyl sites for hydroxylation is 1. The minimum atomic E-state index is -0.594. The lowest BCUT2D eigenvalue weighted by Gasteiger charge is -2.33. The quantitative estimate of drug-likeness (QED) is 0.755. The number of hydrogen-bond donors (Lipinski definition) is 2. The zero-order valence-electron chi connectivity index (χ0n) is 16.7. The van der Waals surface area contributed by atoms with Gasteiger partial charge in [-0.1, -0.05) is 18.2 Å². The molecule has 1 aliphatic heterocycles. The Morgan fingerprint density at radius 2 is 1.93 bits per heavy atom. The number of β-amino-alcohol motifs (C(OH)–C–C–N with tert-alkyl or cyclic N) is 1. The Hall–Kier alpha value is -2.88. The van der Waals surface area contributed by atoms with E-state index in [4.69, 9.17) is 10.00 Å². The van der Waals surface area contributed by atoms with Gasteiger partial charge in [0.2, 0.25) is 0 Å². The molecule has 2 aromatic carbocycles. The number of carbonyl (C=O) groups excluding carboxylic acids is 1.